The maximum Gasteiger partial charge on any atom is 0.266 e. The lowest BCUT2D eigenvalue weighted by molar-refractivity contribution is 0.1000. The monoisotopic (exact) mass is 435 g/mol. The predicted octanol–water partition coefficient (Wildman–Crippen LogP) is 3.59. The van der Waals surface area contributed by atoms with E-state index < -0.39 is 26.6 Å². The molecule has 0 saturated heterocycles. The smallest absolute Gasteiger partial charge is 0.266 e. The van der Waals surface area contributed by atoms with Gasteiger partial charge in [-0.15, -0.1) is 0 Å². The lowest BCUT2D eigenvalue weighted by atomic mass is 10.3. The summed E-state index contributed by atoms with van der Waals surface area (Å²) < 4.78 is 45.7. The van der Waals surface area contributed by atoms with Gasteiger partial charge in [-0.2, -0.15) is 0 Å². The molecule has 0 unspecified atom stereocenters. The number of ether oxygens (including phenoxy) is 1. The van der Waals surface area contributed by atoms with Crippen LogP contribution in [0.5, 0.6) is 11.6 Å². The quantitative estimate of drug-likeness (QED) is 0.637. The normalized spacial score (nSPS) is 11.1. The maximum atomic E-state index is 13.9. The zero-order chi connectivity index (χ0) is 21.2. The van der Waals surface area contributed by atoms with Crippen LogP contribution in [0.3, 0.4) is 0 Å². The number of halogens is 2. The Bertz CT molecular complexity index is 1170. The number of pyridine rings is 1. The topological polar surface area (TPSA) is 103 Å². The summed E-state index contributed by atoms with van der Waals surface area (Å²) in [5.41, 5.74) is 5.59. The average Bonchev–Trinajstić information content (AvgIpc) is 2.69. The van der Waals surface area contributed by atoms with Crippen molar-refractivity contribution in [1.29, 1.82) is 0 Å². The van der Waals surface area contributed by atoms with Crippen LogP contribution in [0.4, 0.5) is 10.1 Å². The van der Waals surface area contributed by atoms with Crippen LogP contribution < -0.4 is 14.8 Å². The molecule has 10 heteroatoms. The number of carbonyl (C=O) groups excluding carboxylic acids is 1. The van der Waals surface area contributed by atoms with Crippen LogP contribution in [0.2, 0.25) is 5.02 Å². The number of sulfonamides is 1. The summed E-state index contributed by atoms with van der Waals surface area (Å²) in [6.45, 7) is 0. The Balaban J connectivity index is 1.82. The molecule has 0 aliphatic rings. The van der Waals surface area contributed by atoms with Gasteiger partial charge in [-0.05, 0) is 42.5 Å². The van der Waals surface area contributed by atoms with E-state index in [-0.39, 0.29) is 16.5 Å². The molecule has 2 aromatic carbocycles. The fourth-order valence-electron chi connectivity index (χ4n) is 2.41. The molecule has 7 nitrogen and oxygen atoms in total. The molecule has 3 rings (SSSR count). The van der Waals surface area contributed by atoms with Crippen LogP contribution >= 0.6 is 11.6 Å². The Morgan fingerprint density at radius 3 is 2.41 bits per heavy atom. The molecular weight excluding hydrogens is 421 g/mol. The zero-order valence-electron chi connectivity index (χ0n) is 15.0. The van der Waals surface area contributed by atoms with E-state index in [0.29, 0.717) is 11.4 Å². The molecule has 0 aliphatic heterocycles. The van der Waals surface area contributed by atoms with E-state index in [1.807, 2.05) is 0 Å². The number of rotatable bonds is 6. The fourth-order valence-corrected chi connectivity index (χ4v) is 3.88. The van der Waals surface area contributed by atoms with Gasteiger partial charge in [0.05, 0.1) is 11.3 Å². The number of primary amides is 1. The van der Waals surface area contributed by atoms with E-state index in [1.54, 1.807) is 0 Å². The molecule has 1 aromatic heterocycles. The van der Waals surface area contributed by atoms with Crippen LogP contribution in [0.25, 0.3) is 0 Å². The summed E-state index contributed by atoms with van der Waals surface area (Å²) in [6.07, 6.45) is 1.23. The minimum Gasteiger partial charge on any atom is -0.438 e. The number of hydrogen-bond donors (Lipinski definition) is 1. The second-order valence-electron chi connectivity index (χ2n) is 5.87. The lowest BCUT2D eigenvalue weighted by Crippen LogP contribution is -2.27. The van der Waals surface area contributed by atoms with E-state index in [4.69, 9.17) is 22.1 Å². The molecule has 1 heterocycles. The van der Waals surface area contributed by atoms with Crippen molar-refractivity contribution in [2.75, 3.05) is 11.4 Å². The van der Waals surface area contributed by atoms with Crippen LogP contribution in [0.1, 0.15) is 10.4 Å². The third-order valence-electron chi connectivity index (χ3n) is 3.98. The number of benzene rings is 2. The van der Waals surface area contributed by atoms with Crippen LogP contribution in [0.15, 0.2) is 65.7 Å². The zero-order valence-corrected chi connectivity index (χ0v) is 16.6. The second-order valence-corrected chi connectivity index (χ2v) is 8.22. The summed E-state index contributed by atoms with van der Waals surface area (Å²) in [7, 11) is -2.76. The van der Waals surface area contributed by atoms with Gasteiger partial charge in [-0.3, -0.25) is 9.10 Å². The Morgan fingerprint density at radius 2 is 1.83 bits per heavy atom. The molecule has 3 aromatic rings. The SMILES string of the molecule is CN(c1ccc(Oc2ncc(C(N)=O)cc2Cl)cc1)S(=O)(=O)c1ccccc1F. The molecule has 2 N–H and O–H groups in total. The minimum absolute atomic E-state index is 0.0525. The van der Waals surface area contributed by atoms with E-state index in [1.165, 1.54) is 61.8 Å². The van der Waals surface area contributed by atoms with Crippen molar-refractivity contribution in [3.05, 3.63) is 77.2 Å². The van der Waals surface area contributed by atoms with Crippen LogP contribution in [-0.2, 0) is 10.0 Å². The standard InChI is InChI=1S/C19H15ClFN3O4S/c1-24(29(26,27)17-5-3-2-4-16(17)21)13-6-8-14(9-7-13)28-19-15(20)10-12(11-23-19)18(22)25/h2-11H,1H3,(H2,22,25). The van der Waals surface area contributed by atoms with E-state index in [2.05, 4.69) is 4.98 Å². The summed E-state index contributed by atoms with van der Waals surface area (Å²) in [6, 6.07) is 12.4. The van der Waals surface area contributed by atoms with Crippen molar-refractivity contribution < 1.29 is 22.3 Å². The van der Waals surface area contributed by atoms with E-state index in [0.717, 1.165) is 10.4 Å². The molecule has 0 saturated carbocycles. The summed E-state index contributed by atoms with van der Waals surface area (Å²) in [4.78, 5) is 14.6. The van der Waals surface area contributed by atoms with Gasteiger partial charge in [-0.25, -0.2) is 17.8 Å². The van der Waals surface area contributed by atoms with Gasteiger partial charge in [0, 0.05) is 13.2 Å². The van der Waals surface area contributed by atoms with Gasteiger partial charge in [0.15, 0.2) is 0 Å². The van der Waals surface area contributed by atoms with Gasteiger partial charge in [0.1, 0.15) is 21.5 Å². The van der Waals surface area contributed by atoms with Crippen LogP contribution in [0, 0.1) is 5.82 Å². The Kier molecular flexibility index (Phi) is 5.71. The molecule has 0 radical (unpaired) electrons. The highest BCUT2D eigenvalue weighted by atomic mass is 35.5. The number of anilines is 1. The molecule has 150 valence electrons. The Labute approximate surface area is 171 Å². The van der Waals surface area contributed by atoms with Gasteiger partial charge < -0.3 is 10.5 Å². The molecule has 29 heavy (non-hydrogen) atoms. The number of carbonyl (C=O) groups is 1. The third-order valence-corrected chi connectivity index (χ3v) is 6.07. The van der Waals surface area contributed by atoms with Gasteiger partial charge >= 0.3 is 0 Å². The largest absolute Gasteiger partial charge is 0.438 e. The highest BCUT2D eigenvalue weighted by molar-refractivity contribution is 7.92. The molecule has 0 atom stereocenters. The predicted molar refractivity (Wildman–Crippen MR) is 106 cm³/mol. The second kappa shape index (κ2) is 8.06. The Hall–Kier alpha value is -3.17. The van der Waals surface area contributed by atoms with Gasteiger partial charge in [0.2, 0.25) is 11.8 Å². The number of amides is 1. The third kappa shape index (κ3) is 4.30. The highest BCUT2D eigenvalue weighted by Crippen LogP contribution is 2.30. The number of aromatic nitrogens is 1. The van der Waals surface area contributed by atoms with Crippen molar-refractivity contribution in [3.8, 4) is 11.6 Å². The van der Waals surface area contributed by atoms with E-state index >= 15 is 0 Å². The molecule has 0 bridgehead atoms. The average molecular weight is 436 g/mol. The molecule has 0 aliphatic carbocycles. The maximum absolute atomic E-state index is 13.9. The number of nitrogens with zero attached hydrogens (tertiary/aromatic N) is 2. The summed E-state index contributed by atoms with van der Waals surface area (Å²) >= 11 is 6.03. The van der Waals surface area contributed by atoms with Crippen molar-refractivity contribution in [1.82, 2.24) is 4.98 Å². The first kappa shape index (κ1) is 20.6. The summed E-state index contributed by atoms with van der Waals surface area (Å²) in [5, 5.41) is 0.0876. The lowest BCUT2D eigenvalue weighted by Gasteiger charge is -2.20. The molecule has 0 fully saturated rings. The van der Waals surface area contributed by atoms with Crippen LogP contribution in [-0.4, -0.2) is 26.4 Å². The van der Waals surface area contributed by atoms with Crippen molar-refractivity contribution in [3.63, 3.8) is 0 Å². The van der Waals surface area contributed by atoms with Crippen molar-refractivity contribution in [2.45, 2.75) is 4.90 Å². The van der Waals surface area contributed by atoms with Crippen molar-refractivity contribution >= 4 is 33.2 Å². The fraction of sp³-hybridized carbons (Fsp3) is 0.0526. The number of hydrogen-bond acceptors (Lipinski definition) is 5. The van der Waals surface area contributed by atoms with Gasteiger partial charge in [0.25, 0.3) is 10.0 Å². The molecule has 1 amide bonds. The van der Waals surface area contributed by atoms with E-state index in [9.17, 15) is 17.6 Å². The Morgan fingerprint density at radius 1 is 1.17 bits per heavy atom. The molecular formula is C19H15ClFN3O4S. The first-order valence-electron chi connectivity index (χ1n) is 8.17. The highest BCUT2D eigenvalue weighted by Gasteiger charge is 2.24. The summed E-state index contributed by atoms with van der Waals surface area (Å²) in [5.74, 6) is -1.13. The minimum atomic E-state index is -4.07. The first-order chi connectivity index (χ1) is 13.7. The number of nitrogens with two attached hydrogens (primary N) is 1. The van der Waals surface area contributed by atoms with Crippen molar-refractivity contribution in [2.24, 2.45) is 5.73 Å². The first-order valence-corrected chi connectivity index (χ1v) is 9.98. The van der Waals surface area contributed by atoms with Gasteiger partial charge in [-0.1, -0.05) is 23.7 Å². The molecule has 0 spiro atoms.